The van der Waals surface area contributed by atoms with Crippen molar-refractivity contribution in [3.05, 3.63) is 71.8 Å². The second kappa shape index (κ2) is 19.6. The van der Waals surface area contributed by atoms with Gasteiger partial charge in [-0.25, -0.2) is 4.79 Å². The monoisotopic (exact) mass is 547 g/mol. The first-order chi connectivity index (χ1) is 17.8. The van der Waals surface area contributed by atoms with Crippen LogP contribution in [0.4, 0.5) is 4.79 Å². The Labute approximate surface area is 233 Å². The molecule has 2 fully saturated rings. The quantitative estimate of drug-likeness (QED) is 0.296. The van der Waals surface area contributed by atoms with E-state index in [1.54, 1.807) is 0 Å². The van der Waals surface area contributed by atoms with Crippen LogP contribution in [-0.2, 0) is 27.5 Å². The van der Waals surface area contributed by atoms with E-state index in [4.69, 9.17) is 33.5 Å². The predicted octanol–water partition coefficient (Wildman–Crippen LogP) is 6.05. The van der Waals surface area contributed by atoms with Crippen LogP contribution in [0, 0.1) is 5.92 Å². The molecule has 212 valence electrons. The molecule has 4 rings (SSSR count). The lowest BCUT2D eigenvalue weighted by molar-refractivity contribution is -0.146. The van der Waals surface area contributed by atoms with Gasteiger partial charge in [0, 0.05) is 36.1 Å². The second-order valence-corrected chi connectivity index (χ2v) is 10.1. The Balaban J connectivity index is 0.000000309. The van der Waals surface area contributed by atoms with Crippen molar-refractivity contribution in [1.29, 1.82) is 0 Å². The third-order valence-corrected chi connectivity index (χ3v) is 6.71. The highest BCUT2D eigenvalue weighted by Gasteiger charge is 2.21. The molecular formula is C30H46ClN3O4. The maximum Gasteiger partial charge on any atom is 0.404 e. The van der Waals surface area contributed by atoms with Gasteiger partial charge in [0.05, 0.1) is 0 Å². The molecule has 6 N–H and O–H groups in total. The predicted molar refractivity (Wildman–Crippen MR) is 154 cm³/mol. The van der Waals surface area contributed by atoms with Crippen LogP contribution in [0.3, 0.4) is 0 Å². The summed E-state index contributed by atoms with van der Waals surface area (Å²) in [6.45, 7) is 0.620. The fourth-order valence-electron chi connectivity index (χ4n) is 4.28. The molecule has 0 bridgehead atoms. The van der Waals surface area contributed by atoms with E-state index in [1.165, 1.54) is 0 Å². The molecular weight excluding hydrogens is 502 g/mol. The minimum atomic E-state index is -0.770. The zero-order valence-electron chi connectivity index (χ0n) is 21.6. The molecule has 38 heavy (non-hydrogen) atoms. The molecule has 0 amide bonds. The number of nitrogens with two attached hydrogens (primary N) is 3. The summed E-state index contributed by atoms with van der Waals surface area (Å²) in [5, 5.41) is 0. The molecule has 8 heteroatoms. The number of carbonyl (C=O) groups excluding carboxylic acids is 2. The fraction of sp³-hybridized carbons (Fsp3) is 0.533. The lowest BCUT2D eigenvalue weighted by atomic mass is 9.84. The van der Waals surface area contributed by atoms with E-state index in [0.717, 1.165) is 62.5 Å². The minimum Gasteiger partial charge on any atom is -0.461 e. The summed E-state index contributed by atoms with van der Waals surface area (Å²) in [6, 6.07) is 20.4. The van der Waals surface area contributed by atoms with Crippen molar-refractivity contribution < 1.29 is 19.1 Å². The molecule has 7 nitrogen and oxygen atoms in total. The Bertz CT molecular complexity index is 875. The highest BCUT2D eigenvalue weighted by Crippen LogP contribution is 2.26. The Morgan fingerprint density at radius 1 is 0.658 bits per heavy atom. The van der Waals surface area contributed by atoms with Crippen LogP contribution in [0.25, 0.3) is 0 Å². The maximum atomic E-state index is 11.7. The van der Waals surface area contributed by atoms with Crippen LogP contribution in [-0.4, -0.2) is 29.5 Å². The molecule has 2 aromatic carbocycles. The lowest BCUT2D eigenvalue weighted by Crippen LogP contribution is -2.33. The van der Waals surface area contributed by atoms with Crippen molar-refractivity contribution in [3.63, 3.8) is 0 Å². The summed E-state index contributed by atoms with van der Waals surface area (Å²) in [4.78, 5) is 21.9. The number of hydrogen-bond acceptors (Lipinski definition) is 7. The molecule has 0 spiro atoms. The first-order valence-electron chi connectivity index (χ1n) is 13.1. The van der Waals surface area contributed by atoms with Gasteiger partial charge in [0.1, 0.15) is 13.2 Å². The standard InChI is InChI=1S/C15H21NO2.C8H7ClO2.C6H14N2.CH4/c16-14-8-6-12(7-9-14)10-15(17)18-11-13-4-2-1-3-5-13;9-8(10)11-6-7-4-2-1-3-5-7;7-5-1-2-6(8)4-3-5;/h1-5,12,14H,6-11,16H2;1-5H,6H2;5-6H,1-4,7-8H2;1H4. The third-order valence-electron chi connectivity index (χ3n) is 6.60. The molecule has 0 aliphatic heterocycles. The summed E-state index contributed by atoms with van der Waals surface area (Å²) in [6.07, 6.45) is 9.24. The lowest BCUT2D eigenvalue weighted by Gasteiger charge is -2.25. The first-order valence-corrected chi connectivity index (χ1v) is 13.5. The topological polar surface area (TPSA) is 131 Å². The molecule has 2 aliphatic rings. The highest BCUT2D eigenvalue weighted by atomic mass is 35.5. The van der Waals surface area contributed by atoms with E-state index in [0.29, 0.717) is 37.1 Å². The van der Waals surface area contributed by atoms with Gasteiger partial charge in [0.15, 0.2) is 0 Å². The van der Waals surface area contributed by atoms with Crippen molar-refractivity contribution in [2.75, 3.05) is 0 Å². The van der Waals surface area contributed by atoms with Crippen molar-refractivity contribution in [2.24, 2.45) is 23.1 Å². The van der Waals surface area contributed by atoms with E-state index in [2.05, 4.69) is 4.74 Å². The maximum absolute atomic E-state index is 11.7. The first kappa shape index (κ1) is 33.6. The smallest absolute Gasteiger partial charge is 0.404 e. The van der Waals surface area contributed by atoms with Crippen LogP contribution in [0.15, 0.2) is 60.7 Å². The van der Waals surface area contributed by atoms with Crippen molar-refractivity contribution in [2.45, 2.75) is 96.6 Å². The number of esters is 1. The SMILES string of the molecule is C.NC1CCC(CC(=O)OCc2ccccc2)CC1.NC1CCC(N)CC1.O=C(Cl)OCc1ccccc1. The number of hydrogen-bond donors (Lipinski definition) is 3. The fourth-order valence-corrected chi connectivity index (χ4v) is 4.34. The average molecular weight is 548 g/mol. The number of halogens is 1. The summed E-state index contributed by atoms with van der Waals surface area (Å²) >= 11 is 4.97. The van der Waals surface area contributed by atoms with Crippen molar-refractivity contribution in [1.82, 2.24) is 0 Å². The number of ether oxygens (including phenoxy) is 2. The molecule has 0 atom stereocenters. The average Bonchev–Trinajstić information content (AvgIpc) is 2.91. The molecule has 0 saturated heterocycles. The van der Waals surface area contributed by atoms with Crippen molar-refractivity contribution in [3.8, 4) is 0 Å². The van der Waals surface area contributed by atoms with Gasteiger partial charge < -0.3 is 26.7 Å². The summed E-state index contributed by atoms with van der Waals surface area (Å²) in [5.41, 5.74) is 18.3. The number of rotatable bonds is 6. The molecule has 2 saturated carbocycles. The Kier molecular flexibility index (Phi) is 17.3. The van der Waals surface area contributed by atoms with Gasteiger partial charge in [-0.1, -0.05) is 68.1 Å². The molecule has 0 aromatic heterocycles. The molecule has 2 aromatic rings. The minimum absolute atomic E-state index is 0. The molecule has 0 unspecified atom stereocenters. The number of carbonyl (C=O) groups is 2. The Hall–Kier alpha value is -2.45. The van der Waals surface area contributed by atoms with Gasteiger partial charge in [-0.2, -0.15) is 0 Å². The van der Waals surface area contributed by atoms with Gasteiger partial charge in [-0.15, -0.1) is 0 Å². The summed E-state index contributed by atoms with van der Waals surface area (Å²) in [5.74, 6) is 0.382. The van der Waals surface area contributed by atoms with E-state index in [9.17, 15) is 9.59 Å². The van der Waals surface area contributed by atoms with Crippen LogP contribution < -0.4 is 17.2 Å². The zero-order chi connectivity index (χ0) is 26.9. The van der Waals surface area contributed by atoms with Gasteiger partial charge >= 0.3 is 11.4 Å². The van der Waals surface area contributed by atoms with Crippen LogP contribution in [0.1, 0.15) is 76.3 Å². The molecule has 0 heterocycles. The van der Waals surface area contributed by atoms with E-state index in [1.807, 2.05) is 60.7 Å². The molecule has 2 aliphatic carbocycles. The van der Waals surface area contributed by atoms with Gasteiger partial charge in [-0.05, 0) is 68.4 Å². The number of benzene rings is 2. The van der Waals surface area contributed by atoms with Crippen LogP contribution in [0.2, 0.25) is 0 Å². The van der Waals surface area contributed by atoms with E-state index < -0.39 is 5.43 Å². The zero-order valence-corrected chi connectivity index (χ0v) is 22.4. The van der Waals surface area contributed by atoms with E-state index >= 15 is 0 Å². The summed E-state index contributed by atoms with van der Waals surface area (Å²) < 4.78 is 9.84. The Morgan fingerprint density at radius 3 is 1.42 bits per heavy atom. The summed E-state index contributed by atoms with van der Waals surface area (Å²) in [7, 11) is 0. The second-order valence-electron chi connectivity index (χ2n) is 9.82. The van der Waals surface area contributed by atoms with E-state index in [-0.39, 0.29) is 20.0 Å². The van der Waals surface area contributed by atoms with Gasteiger partial charge in [0.2, 0.25) is 0 Å². The normalized spacial score (nSPS) is 22.2. The van der Waals surface area contributed by atoms with Crippen LogP contribution >= 0.6 is 11.6 Å². The highest BCUT2D eigenvalue weighted by molar-refractivity contribution is 6.61. The largest absolute Gasteiger partial charge is 0.461 e. The van der Waals surface area contributed by atoms with Crippen LogP contribution in [0.5, 0.6) is 0 Å². The Morgan fingerprint density at radius 2 is 1.03 bits per heavy atom. The third kappa shape index (κ3) is 15.7. The van der Waals surface area contributed by atoms with Gasteiger partial charge in [0.25, 0.3) is 0 Å². The van der Waals surface area contributed by atoms with Gasteiger partial charge in [-0.3, -0.25) is 4.79 Å². The van der Waals surface area contributed by atoms with Crippen molar-refractivity contribution >= 4 is 23.0 Å². The molecule has 0 radical (unpaired) electrons.